The van der Waals surface area contributed by atoms with E-state index in [2.05, 4.69) is 31.3 Å². The Hall–Kier alpha value is -2.74. The third kappa shape index (κ3) is 4.21. The highest BCUT2D eigenvalue weighted by molar-refractivity contribution is 9.10. The molecular weight excluding hydrogens is 391 g/mol. The zero-order valence-electron chi connectivity index (χ0n) is 13.2. The average molecular weight is 405 g/mol. The molecule has 0 radical (unpaired) electrons. The minimum atomic E-state index is -0.369. The summed E-state index contributed by atoms with van der Waals surface area (Å²) >= 11 is 3.26. The van der Waals surface area contributed by atoms with Crippen LogP contribution in [-0.2, 0) is 13.6 Å². The molecule has 1 aromatic carbocycles. The Balaban J connectivity index is 1.65. The molecule has 3 rings (SSSR count). The largest absolute Gasteiger partial charge is 0.439 e. The van der Waals surface area contributed by atoms with E-state index in [1.54, 1.807) is 37.6 Å². The summed E-state index contributed by atoms with van der Waals surface area (Å²) in [4.78, 5) is 16.0. The van der Waals surface area contributed by atoms with Crippen molar-refractivity contribution in [2.24, 2.45) is 7.05 Å². The van der Waals surface area contributed by atoms with Gasteiger partial charge in [0.25, 0.3) is 5.56 Å². The Bertz CT molecular complexity index is 944. The van der Waals surface area contributed by atoms with Crippen LogP contribution in [0.4, 0.5) is 10.1 Å². The quantitative estimate of drug-likeness (QED) is 0.704. The van der Waals surface area contributed by atoms with Crippen molar-refractivity contribution < 1.29 is 9.13 Å². The second kappa shape index (κ2) is 7.43. The molecule has 0 aliphatic rings. The molecule has 2 aromatic heterocycles. The number of hydrogen-bond donors (Lipinski definition) is 1. The third-order valence-electron chi connectivity index (χ3n) is 3.38. The summed E-state index contributed by atoms with van der Waals surface area (Å²) in [7, 11) is 1.58. The van der Waals surface area contributed by atoms with Gasteiger partial charge in [0, 0.05) is 31.9 Å². The lowest BCUT2D eigenvalue weighted by atomic mass is 10.3. The van der Waals surface area contributed by atoms with Crippen molar-refractivity contribution in [2.45, 2.75) is 6.54 Å². The maximum Gasteiger partial charge on any atom is 0.282 e. The van der Waals surface area contributed by atoms with Gasteiger partial charge in [0.2, 0.25) is 5.88 Å². The summed E-state index contributed by atoms with van der Waals surface area (Å²) in [6, 6.07) is 9.38. The van der Waals surface area contributed by atoms with E-state index in [-0.39, 0.29) is 11.4 Å². The summed E-state index contributed by atoms with van der Waals surface area (Å²) in [5, 5.41) is 7.09. The van der Waals surface area contributed by atoms with E-state index in [0.717, 1.165) is 5.56 Å². The second-order valence-corrected chi connectivity index (χ2v) is 6.01. The normalized spacial score (nSPS) is 10.5. The molecule has 0 bridgehead atoms. The number of pyridine rings is 1. The molecular formula is C17H14BrFN4O2. The van der Waals surface area contributed by atoms with Crippen LogP contribution in [0.2, 0.25) is 0 Å². The van der Waals surface area contributed by atoms with Crippen molar-refractivity contribution in [3.63, 3.8) is 0 Å². The van der Waals surface area contributed by atoms with E-state index in [1.807, 2.05) is 6.07 Å². The topological polar surface area (TPSA) is 69.0 Å². The SMILES string of the molecule is Cn1ncc(NCc2ccc(Oc3cccc(F)c3)nc2)c(Br)c1=O. The minimum absolute atomic E-state index is 0.220. The number of halogens is 2. The number of benzene rings is 1. The van der Waals surface area contributed by atoms with E-state index in [0.29, 0.717) is 28.3 Å². The Morgan fingerprint density at radius 1 is 1.28 bits per heavy atom. The van der Waals surface area contributed by atoms with Crippen LogP contribution < -0.4 is 15.6 Å². The lowest BCUT2D eigenvalue weighted by Crippen LogP contribution is -2.21. The fourth-order valence-electron chi connectivity index (χ4n) is 2.06. The van der Waals surface area contributed by atoms with E-state index in [1.165, 1.54) is 16.8 Å². The number of aromatic nitrogens is 3. The molecule has 128 valence electrons. The van der Waals surface area contributed by atoms with Gasteiger partial charge in [-0.2, -0.15) is 5.10 Å². The number of nitrogens with one attached hydrogen (secondary N) is 1. The fraction of sp³-hybridized carbons (Fsp3) is 0.118. The number of nitrogens with zero attached hydrogens (tertiary/aromatic N) is 3. The smallest absolute Gasteiger partial charge is 0.282 e. The lowest BCUT2D eigenvalue weighted by molar-refractivity contribution is 0.458. The van der Waals surface area contributed by atoms with Gasteiger partial charge in [0.05, 0.1) is 11.9 Å². The molecule has 8 heteroatoms. The first-order valence-electron chi connectivity index (χ1n) is 7.37. The number of ether oxygens (including phenoxy) is 1. The highest BCUT2D eigenvalue weighted by Crippen LogP contribution is 2.21. The maximum absolute atomic E-state index is 13.1. The van der Waals surface area contributed by atoms with E-state index in [9.17, 15) is 9.18 Å². The van der Waals surface area contributed by atoms with Crippen LogP contribution in [0.3, 0.4) is 0 Å². The van der Waals surface area contributed by atoms with Crippen LogP contribution in [-0.4, -0.2) is 14.8 Å². The number of rotatable bonds is 5. The van der Waals surface area contributed by atoms with Gasteiger partial charge in [-0.3, -0.25) is 4.79 Å². The van der Waals surface area contributed by atoms with Crippen molar-refractivity contribution in [3.05, 3.63) is 75.0 Å². The highest BCUT2D eigenvalue weighted by atomic mass is 79.9. The van der Waals surface area contributed by atoms with Gasteiger partial charge in [0.1, 0.15) is 16.0 Å². The Kier molecular flexibility index (Phi) is 5.08. The maximum atomic E-state index is 13.1. The van der Waals surface area contributed by atoms with Gasteiger partial charge in [-0.25, -0.2) is 14.1 Å². The minimum Gasteiger partial charge on any atom is -0.439 e. The lowest BCUT2D eigenvalue weighted by Gasteiger charge is -2.09. The fourth-order valence-corrected chi connectivity index (χ4v) is 2.56. The Labute approximate surface area is 151 Å². The molecule has 0 amide bonds. The van der Waals surface area contributed by atoms with Crippen LogP contribution >= 0.6 is 15.9 Å². The van der Waals surface area contributed by atoms with Gasteiger partial charge < -0.3 is 10.1 Å². The van der Waals surface area contributed by atoms with Crippen LogP contribution in [0.25, 0.3) is 0 Å². The molecule has 0 fully saturated rings. The van der Waals surface area contributed by atoms with Crippen molar-refractivity contribution in [2.75, 3.05) is 5.32 Å². The predicted molar refractivity (Wildman–Crippen MR) is 95.2 cm³/mol. The molecule has 0 saturated heterocycles. The summed E-state index contributed by atoms with van der Waals surface area (Å²) in [6.45, 7) is 0.459. The van der Waals surface area contributed by atoms with E-state index in [4.69, 9.17) is 4.74 Å². The molecule has 0 aliphatic heterocycles. The number of anilines is 1. The van der Waals surface area contributed by atoms with E-state index >= 15 is 0 Å². The van der Waals surface area contributed by atoms with Crippen LogP contribution in [0.5, 0.6) is 11.6 Å². The highest BCUT2D eigenvalue weighted by Gasteiger charge is 2.07. The third-order valence-corrected chi connectivity index (χ3v) is 4.14. The van der Waals surface area contributed by atoms with Gasteiger partial charge in [0.15, 0.2) is 0 Å². The molecule has 6 nitrogen and oxygen atoms in total. The zero-order chi connectivity index (χ0) is 17.8. The molecule has 3 aromatic rings. The molecule has 0 spiro atoms. The summed E-state index contributed by atoms with van der Waals surface area (Å²) in [6.07, 6.45) is 3.21. The molecule has 0 atom stereocenters. The van der Waals surface area contributed by atoms with Crippen molar-refractivity contribution in [1.29, 1.82) is 0 Å². The molecule has 0 saturated carbocycles. The molecule has 0 unspecified atom stereocenters. The van der Waals surface area contributed by atoms with Crippen molar-refractivity contribution >= 4 is 21.6 Å². The molecule has 0 aliphatic carbocycles. The van der Waals surface area contributed by atoms with Gasteiger partial charge in [-0.1, -0.05) is 12.1 Å². The van der Waals surface area contributed by atoms with Crippen molar-refractivity contribution in [3.8, 4) is 11.6 Å². The Morgan fingerprint density at radius 3 is 2.84 bits per heavy atom. The van der Waals surface area contributed by atoms with Crippen molar-refractivity contribution in [1.82, 2.24) is 14.8 Å². The monoisotopic (exact) mass is 404 g/mol. The summed E-state index contributed by atoms with van der Waals surface area (Å²) in [5.41, 5.74) is 1.27. The van der Waals surface area contributed by atoms with Crippen LogP contribution in [0.1, 0.15) is 5.56 Å². The van der Waals surface area contributed by atoms with Crippen LogP contribution in [0.15, 0.2) is 58.1 Å². The first-order chi connectivity index (χ1) is 12.0. The van der Waals surface area contributed by atoms with E-state index < -0.39 is 0 Å². The number of aryl methyl sites for hydroxylation is 1. The summed E-state index contributed by atoms with van der Waals surface area (Å²) < 4.78 is 20.3. The second-order valence-electron chi connectivity index (χ2n) is 5.22. The van der Waals surface area contributed by atoms with Gasteiger partial charge in [-0.05, 0) is 33.6 Å². The van der Waals surface area contributed by atoms with Crippen LogP contribution in [0, 0.1) is 5.82 Å². The average Bonchev–Trinajstić information content (AvgIpc) is 2.60. The molecule has 1 N–H and O–H groups in total. The zero-order valence-corrected chi connectivity index (χ0v) is 14.8. The Morgan fingerprint density at radius 2 is 2.12 bits per heavy atom. The summed E-state index contributed by atoms with van der Waals surface area (Å²) in [5.74, 6) is 0.380. The standard InChI is InChI=1S/C17H14BrFN4O2/c1-23-17(24)16(18)14(10-22-23)20-8-11-5-6-15(21-9-11)25-13-4-2-3-12(19)7-13/h2-7,9-10,20H,8H2,1H3. The van der Waals surface area contributed by atoms with Gasteiger partial charge in [-0.15, -0.1) is 0 Å². The van der Waals surface area contributed by atoms with Gasteiger partial charge >= 0.3 is 0 Å². The number of hydrogen-bond acceptors (Lipinski definition) is 5. The first kappa shape index (κ1) is 17.1. The molecule has 2 heterocycles. The predicted octanol–water partition coefficient (Wildman–Crippen LogP) is 3.48. The first-order valence-corrected chi connectivity index (χ1v) is 8.16. The molecule has 25 heavy (non-hydrogen) atoms.